The smallest absolute Gasteiger partial charge is 0.278 e. The molecule has 22 heavy (non-hydrogen) atoms. The summed E-state index contributed by atoms with van der Waals surface area (Å²) in [6.45, 7) is 0. The Kier molecular flexibility index (Phi) is 4.27. The number of aromatic nitrogens is 2. The lowest BCUT2D eigenvalue weighted by atomic mass is 10.1. The largest absolute Gasteiger partial charge is 0.409 e. The quantitative estimate of drug-likeness (QED) is 0.937. The Morgan fingerprint density at radius 3 is 2.50 bits per heavy atom. The average molecular weight is 331 g/mol. The number of nitrogens with one attached hydrogen (secondary N) is 1. The van der Waals surface area contributed by atoms with E-state index in [1.54, 1.807) is 0 Å². The van der Waals surface area contributed by atoms with Crippen LogP contribution in [0.3, 0.4) is 0 Å². The summed E-state index contributed by atoms with van der Waals surface area (Å²) in [7, 11) is -2.49. The summed E-state index contributed by atoms with van der Waals surface area (Å²) < 4.78 is 64.6. The standard InChI is InChI=1S/C13H12F3N3O2S/c1-19-12(7-9-17-19)22(20,21)18-11-5-3-2-4-10(11)6-8-13(14,15)16/h2-9,18H,1H3/b8-6+. The maximum absolute atomic E-state index is 12.3. The second kappa shape index (κ2) is 5.84. The van der Waals surface area contributed by atoms with Gasteiger partial charge in [-0.25, -0.2) is 0 Å². The first-order chi connectivity index (χ1) is 10.2. The third kappa shape index (κ3) is 3.88. The minimum Gasteiger partial charge on any atom is -0.278 e. The van der Waals surface area contributed by atoms with Gasteiger partial charge in [-0.05, 0) is 23.8 Å². The lowest BCUT2D eigenvalue weighted by Crippen LogP contribution is -2.17. The van der Waals surface area contributed by atoms with Crippen LogP contribution in [0.5, 0.6) is 0 Å². The number of aryl methyl sites for hydroxylation is 1. The fourth-order valence-electron chi connectivity index (χ4n) is 1.74. The van der Waals surface area contributed by atoms with E-state index in [2.05, 4.69) is 9.82 Å². The molecule has 0 saturated carbocycles. The molecule has 1 aromatic heterocycles. The summed E-state index contributed by atoms with van der Waals surface area (Å²) in [6.07, 6.45) is -2.32. The Morgan fingerprint density at radius 2 is 1.91 bits per heavy atom. The molecule has 1 aromatic carbocycles. The average Bonchev–Trinajstić information content (AvgIpc) is 2.83. The van der Waals surface area contributed by atoms with E-state index in [0.29, 0.717) is 0 Å². The van der Waals surface area contributed by atoms with Crippen molar-refractivity contribution in [2.24, 2.45) is 7.05 Å². The number of hydrogen-bond donors (Lipinski definition) is 1. The van der Waals surface area contributed by atoms with Gasteiger partial charge in [-0.3, -0.25) is 9.40 Å². The Balaban J connectivity index is 2.35. The molecule has 0 spiro atoms. The Bertz CT molecular complexity index is 795. The third-order valence-electron chi connectivity index (χ3n) is 2.71. The van der Waals surface area contributed by atoms with Crippen LogP contribution in [-0.4, -0.2) is 24.4 Å². The number of halogens is 3. The molecule has 2 aromatic rings. The van der Waals surface area contributed by atoms with E-state index in [0.717, 1.165) is 10.8 Å². The molecule has 0 fully saturated rings. The second-order valence-electron chi connectivity index (χ2n) is 4.36. The molecule has 0 radical (unpaired) electrons. The van der Waals surface area contributed by atoms with Gasteiger partial charge < -0.3 is 0 Å². The second-order valence-corrected chi connectivity index (χ2v) is 5.99. The predicted molar refractivity (Wildman–Crippen MR) is 75.5 cm³/mol. The van der Waals surface area contributed by atoms with Crippen LogP contribution >= 0.6 is 0 Å². The Labute approximate surface area is 125 Å². The van der Waals surface area contributed by atoms with Crippen molar-refractivity contribution in [1.82, 2.24) is 9.78 Å². The van der Waals surface area contributed by atoms with Crippen molar-refractivity contribution >= 4 is 21.8 Å². The minimum absolute atomic E-state index is 0.0456. The van der Waals surface area contributed by atoms with Crippen LogP contribution in [0.25, 0.3) is 6.08 Å². The highest BCUT2D eigenvalue weighted by Gasteiger charge is 2.23. The van der Waals surface area contributed by atoms with E-state index in [-0.39, 0.29) is 22.4 Å². The summed E-state index contributed by atoms with van der Waals surface area (Å²) >= 11 is 0. The molecule has 0 aliphatic carbocycles. The van der Waals surface area contributed by atoms with Crippen LogP contribution in [-0.2, 0) is 17.1 Å². The Morgan fingerprint density at radius 1 is 1.23 bits per heavy atom. The summed E-state index contributed by atoms with van der Waals surface area (Å²) in [4.78, 5) is 0. The van der Waals surface area contributed by atoms with E-state index >= 15 is 0 Å². The van der Waals surface area contributed by atoms with E-state index in [4.69, 9.17) is 0 Å². The van der Waals surface area contributed by atoms with Crippen molar-refractivity contribution in [1.29, 1.82) is 0 Å². The van der Waals surface area contributed by atoms with Gasteiger partial charge in [-0.1, -0.05) is 18.2 Å². The number of benzene rings is 1. The molecule has 1 heterocycles. The normalized spacial score (nSPS) is 12.7. The van der Waals surface area contributed by atoms with Crippen molar-refractivity contribution in [3.05, 3.63) is 48.2 Å². The van der Waals surface area contributed by atoms with Crippen LogP contribution < -0.4 is 4.72 Å². The highest BCUT2D eigenvalue weighted by atomic mass is 32.2. The summed E-state index contributed by atoms with van der Waals surface area (Å²) in [5.41, 5.74) is 0.148. The molecule has 2 rings (SSSR count). The van der Waals surface area contributed by atoms with Crippen molar-refractivity contribution in [3.8, 4) is 0 Å². The van der Waals surface area contributed by atoms with Crippen LogP contribution in [0.4, 0.5) is 18.9 Å². The molecule has 1 N–H and O–H groups in total. The van der Waals surface area contributed by atoms with E-state index in [9.17, 15) is 21.6 Å². The molecular formula is C13H12F3N3O2S. The summed E-state index contributed by atoms with van der Waals surface area (Å²) in [5.74, 6) is 0. The molecule has 9 heteroatoms. The van der Waals surface area contributed by atoms with Crippen LogP contribution in [0.1, 0.15) is 5.56 Å². The van der Waals surface area contributed by atoms with E-state index < -0.39 is 16.2 Å². The van der Waals surface area contributed by atoms with Gasteiger partial charge in [0.25, 0.3) is 10.0 Å². The lowest BCUT2D eigenvalue weighted by Gasteiger charge is -2.10. The third-order valence-corrected chi connectivity index (χ3v) is 4.15. The maximum atomic E-state index is 12.3. The number of rotatable bonds is 4. The molecule has 0 aliphatic heterocycles. The van der Waals surface area contributed by atoms with E-state index in [1.807, 2.05) is 0 Å². The van der Waals surface area contributed by atoms with Crippen molar-refractivity contribution in [2.75, 3.05) is 4.72 Å². The number of hydrogen-bond acceptors (Lipinski definition) is 3. The molecule has 0 amide bonds. The SMILES string of the molecule is Cn1nccc1S(=O)(=O)Nc1ccccc1/C=C/C(F)(F)F. The summed E-state index contributed by atoms with van der Waals surface area (Å²) in [6, 6.07) is 7.08. The molecular weight excluding hydrogens is 319 g/mol. The fraction of sp³-hybridized carbons (Fsp3) is 0.154. The van der Waals surface area contributed by atoms with E-state index in [1.165, 1.54) is 43.6 Å². The zero-order valence-corrected chi connectivity index (χ0v) is 12.2. The number of sulfonamides is 1. The molecule has 0 atom stereocenters. The molecule has 118 valence electrons. The van der Waals surface area contributed by atoms with Gasteiger partial charge in [-0.15, -0.1) is 0 Å². The highest BCUT2D eigenvalue weighted by Crippen LogP contribution is 2.24. The van der Waals surface area contributed by atoms with Gasteiger partial charge in [0.1, 0.15) is 0 Å². The maximum Gasteiger partial charge on any atom is 0.409 e. The van der Waals surface area contributed by atoms with Gasteiger partial charge in [-0.2, -0.15) is 26.7 Å². The van der Waals surface area contributed by atoms with Crippen LogP contribution in [0.15, 0.2) is 47.6 Å². The first-order valence-electron chi connectivity index (χ1n) is 6.05. The Hall–Kier alpha value is -2.29. The number of allylic oxidation sites excluding steroid dienone is 1. The topological polar surface area (TPSA) is 64.0 Å². The molecule has 5 nitrogen and oxygen atoms in total. The number of para-hydroxylation sites is 1. The first kappa shape index (κ1) is 16.1. The number of alkyl halides is 3. The van der Waals surface area contributed by atoms with Crippen molar-refractivity contribution < 1.29 is 21.6 Å². The highest BCUT2D eigenvalue weighted by molar-refractivity contribution is 7.92. The first-order valence-corrected chi connectivity index (χ1v) is 7.53. The van der Waals surface area contributed by atoms with Gasteiger partial charge in [0.15, 0.2) is 5.03 Å². The zero-order valence-electron chi connectivity index (χ0n) is 11.4. The fourth-order valence-corrected chi connectivity index (χ4v) is 2.96. The summed E-state index contributed by atoms with van der Waals surface area (Å²) in [5, 5.41) is 3.66. The number of anilines is 1. The lowest BCUT2D eigenvalue weighted by molar-refractivity contribution is -0.0790. The van der Waals surface area contributed by atoms with Crippen LogP contribution in [0, 0.1) is 0 Å². The van der Waals surface area contributed by atoms with Gasteiger partial charge in [0.05, 0.1) is 11.9 Å². The van der Waals surface area contributed by atoms with Gasteiger partial charge in [0.2, 0.25) is 0 Å². The van der Waals surface area contributed by atoms with Crippen molar-refractivity contribution in [3.63, 3.8) is 0 Å². The molecule has 0 aliphatic rings. The molecule has 0 unspecified atom stereocenters. The zero-order chi connectivity index (χ0) is 16.4. The predicted octanol–water partition coefficient (Wildman–Crippen LogP) is 2.80. The van der Waals surface area contributed by atoms with Gasteiger partial charge >= 0.3 is 6.18 Å². The monoisotopic (exact) mass is 331 g/mol. The van der Waals surface area contributed by atoms with Gasteiger partial charge in [0, 0.05) is 13.1 Å². The molecule has 0 saturated heterocycles. The number of nitrogens with zero attached hydrogens (tertiary/aromatic N) is 2. The minimum atomic E-state index is -4.48. The molecule has 0 bridgehead atoms. The van der Waals surface area contributed by atoms with Crippen LogP contribution in [0.2, 0.25) is 0 Å². The van der Waals surface area contributed by atoms with Crippen molar-refractivity contribution in [2.45, 2.75) is 11.2 Å².